The van der Waals surface area contributed by atoms with Crippen LogP contribution in [0.4, 0.5) is 11.8 Å². The number of hydrogen-bond acceptors (Lipinski definition) is 5. The number of nitrogens with one attached hydrogen (secondary N) is 1. The van der Waals surface area contributed by atoms with Crippen molar-refractivity contribution in [3.8, 4) is 0 Å². The van der Waals surface area contributed by atoms with Gasteiger partial charge in [-0.2, -0.15) is 4.98 Å². The highest BCUT2D eigenvalue weighted by molar-refractivity contribution is 5.38. The Kier molecular flexibility index (Phi) is 4.75. The summed E-state index contributed by atoms with van der Waals surface area (Å²) >= 11 is 0. The lowest BCUT2D eigenvalue weighted by Crippen LogP contribution is -2.33. The minimum Gasteiger partial charge on any atom is -0.368 e. The van der Waals surface area contributed by atoms with Crippen molar-refractivity contribution in [3.63, 3.8) is 0 Å². The molecule has 2 rings (SSSR count). The summed E-state index contributed by atoms with van der Waals surface area (Å²) in [5.41, 5.74) is 5.55. The van der Waals surface area contributed by atoms with Crippen molar-refractivity contribution < 1.29 is 0 Å². The third-order valence-corrected chi connectivity index (χ3v) is 3.40. The summed E-state index contributed by atoms with van der Waals surface area (Å²) in [6.45, 7) is 5.86. The van der Waals surface area contributed by atoms with Gasteiger partial charge in [-0.05, 0) is 45.3 Å². The van der Waals surface area contributed by atoms with Crippen LogP contribution in [-0.4, -0.2) is 40.5 Å². The van der Waals surface area contributed by atoms with Crippen molar-refractivity contribution in [1.29, 1.82) is 0 Å². The summed E-state index contributed by atoms with van der Waals surface area (Å²) in [5, 5.41) is 3.36. The summed E-state index contributed by atoms with van der Waals surface area (Å²) in [6, 6.07) is 2.26. The van der Waals surface area contributed by atoms with E-state index in [0.29, 0.717) is 12.0 Å². The first kappa shape index (κ1) is 13.1. The van der Waals surface area contributed by atoms with E-state index in [2.05, 4.69) is 27.1 Å². The number of anilines is 2. The van der Waals surface area contributed by atoms with Gasteiger partial charge in [0.15, 0.2) is 0 Å². The van der Waals surface area contributed by atoms with E-state index in [1.807, 2.05) is 6.07 Å². The van der Waals surface area contributed by atoms with Gasteiger partial charge in [-0.15, -0.1) is 0 Å². The normalized spacial score (nSPS) is 18.5. The van der Waals surface area contributed by atoms with Gasteiger partial charge in [0.05, 0.1) is 0 Å². The summed E-state index contributed by atoms with van der Waals surface area (Å²) in [7, 11) is 0. The molecule has 0 saturated carbocycles. The first-order chi connectivity index (χ1) is 8.74. The first-order valence-corrected chi connectivity index (χ1v) is 6.81. The molecule has 1 aromatic heterocycles. The zero-order valence-corrected chi connectivity index (χ0v) is 11.1. The molecule has 5 nitrogen and oxygen atoms in total. The summed E-state index contributed by atoms with van der Waals surface area (Å²) in [6.07, 6.45) is 6.91. The molecule has 1 aliphatic rings. The number of likely N-dealkylation sites (tertiary alicyclic amines) is 1. The number of nitrogen functional groups attached to an aromatic ring is 1. The lowest BCUT2D eigenvalue weighted by atomic mass is 10.1. The summed E-state index contributed by atoms with van der Waals surface area (Å²) in [4.78, 5) is 10.6. The van der Waals surface area contributed by atoms with E-state index in [0.717, 1.165) is 18.8 Å². The van der Waals surface area contributed by atoms with Crippen molar-refractivity contribution in [2.24, 2.45) is 0 Å². The highest BCUT2D eigenvalue weighted by Gasteiger charge is 2.11. The van der Waals surface area contributed by atoms with Gasteiger partial charge in [0.2, 0.25) is 5.95 Å². The minimum absolute atomic E-state index is 0.322. The standard InChI is InChI=1S/C13H23N5/c1-11(6-10-18-8-3-2-4-9-18)16-12-5-7-15-13(14)17-12/h5,7,11H,2-4,6,8-10H2,1H3,(H3,14,15,16,17). The van der Waals surface area contributed by atoms with E-state index in [4.69, 9.17) is 5.73 Å². The van der Waals surface area contributed by atoms with Gasteiger partial charge in [-0.3, -0.25) is 0 Å². The second-order valence-corrected chi connectivity index (χ2v) is 5.04. The molecule has 1 saturated heterocycles. The lowest BCUT2D eigenvalue weighted by Gasteiger charge is -2.27. The molecule has 1 aliphatic heterocycles. The van der Waals surface area contributed by atoms with Crippen molar-refractivity contribution in [1.82, 2.24) is 14.9 Å². The highest BCUT2D eigenvalue weighted by atomic mass is 15.1. The van der Waals surface area contributed by atoms with Gasteiger partial charge < -0.3 is 16.0 Å². The number of nitrogens with two attached hydrogens (primary N) is 1. The van der Waals surface area contributed by atoms with Crippen LogP contribution in [0.15, 0.2) is 12.3 Å². The average molecular weight is 249 g/mol. The maximum atomic E-state index is 5.55. The second-order valence-electron chi connectivity index (χ2n) is 5.04. The molecule has 0 amide bonds. The highest BCUT2D eigenvalue weighted by Crippen LogP contribution is 2.11. The van der Waals surface area contributed by atoms with E-state index in [1.54, 1.807) is 6.20 Å². The van der Waals surface area contributed by atoms with E-state index in [-0.39, 0.29) is 0 Å². The second kappa shape index (κ2) is 6.54. The zero-order chi connectivity index (χ0) is 12.8. The lowest BCUT2D eigenvalue weighted by molar-refractivity contribution is 0.223. The van der Waals surface area contributed by atoms with Gasteiger partial charge in [0, 0.05) is 18.8 Å². The van der Waals surface area contributed by atoms with Crippen molar-refractivity contribution in [3.05, 3.63) is 12.3 Å². The van der Waals surface area contributed by atoms with Crippen LogP contribution in [0.1, 0.15) is 32.6 Å². The Morgan fingerprint density at radius 1 is 1.39 bits per heavy atom. The average Bonchev–Trinajstić information content (AvgIpc) is 2.38. The maximum absolute atomic E-state index is 5.55. The molecule has 0 radical (unpaired) electrons. The van der Waals surface area contributed by atoms with Crippen molar-refractivity contribution >= 4 is 11.8 Å². The molecule has 1 unspecified atom stereocenters. The Hall–Kier alpha value is -1.36. The predicted octanol–water partition coefficient (Wildman–Crippen LogP) is 1.74. The Morgan fingerprint density at radius 2 is 2.17 bits per heavy atom. The summed E-state index contributed by atoms with van der Waals surface area (Å²) < 4.78 is 0. The number of nitrogens with zero attached hydrogens (tertiary/aromatic N) is 3. The Morgan fingerprint density at radius 3 is 2.89 bits per heavy atom. The van der Waals surface area contributed by atoms with Crippen LogP contribution in [0.3, 0.4) is 0 Å². The van der Waals surface area contributed by atoms with Gasteiger partial charge in [0.1, 0.15) is 5.82 Å². The molecular formula is C13H23N5. The van der Waals surface area contributed by atoms with Crippen molar-refractivity contribution in [2.75, 3.05) is 30.7 Å². The molecule has 100 valence electrons. The maximum Gasteiger partial charge on any atom is 0.221 e. The fraction of sp³-hybridized carbons (Fsp3) is 0.692. The number of rotatable bonds is 5. The number of hydrogen-bond donors (Lipinski definition) is 2. The fourth-order valence-corrected chi connectivity index (χ4v) is 2.34. The molecule has 1 fully saturated rings. The quantitative estimate of drug-likeness (QED) is 0.832. The van der Waals surface area contributed by atoms with Gasteiger partial charge >= 0.3 is 0 Å². The van der Waals surface area contributed by atoms with Gasteiger partial charge in [-0.1, -0.05) is 6.42 Å². The Balaban J connectivity index is 1.72. The molecule has 3 N–H and O–H groups in total. The first-order valence-electron chi connectivity index (χ1n) is 6.81. The van der Waals surface area contributed by atoms with Crippen LogP contribution in [0, 0.1) is 0 Å². The molecule has 0 aliphatic carbocycles. The zero-order valence-electron chi connectivity index (χ0n) is 11.1. The third-order valence-electron chi connectivity index (χ3n) is 3.40. The van der Waals surface area contributed by atoms with E-state index < -0.39 is 0 Å². The Labute approximate surface area is 109 Å². The Bertz CT molecular complexity index is 362. The molecule has 5 heteroatoms. The smallest absolute Gasteiger partial charge is 0.221 e. The fourth-order valence-electron chi connectivity index (χ4n) is 2.34. The van der Waals surface area contributed by atoms with Crippen LogP contribution < -0.4 is 11.1 Å². The number of aromatic nitrogens is 2. The SMILES string of the molecule is CC(CCN1CCCCC1)Nc1ccnc(N)n1. The van der Waals surface area contributed by atoms with Gasteiger partial charge in [-0.25, -0.2) is 4.98 Å². The minimum atomic E-state index is 0.322. The van der Waals surface area contributed by atoms with Crippen LogP contribution in [0.25, 0.3) is 0 Å². The monoisotopic (exact) mass is 249 g/mol. The molecule has 1 aromatic rings. The van der Waals surface area contributed by atoms with Crippen LogP contribution in [0.5, 0.6) is 0 Å². The van der Waals surface area contributed by atoms with Crippen LogP contribution >= 0.6 is 0 Å². The molecule has 0 bridgehead atoms. The molecule has 2 heterocycles. The molecule has 0 spiro atoms. The molecule has 18 heavy (non-hydrogen) atoms. The summed E-state index contributed by atoms with van der Waals surface area (Å²) in [5.74, 6) is 1.14. The molecule has 1 atom stereocenters. The van der Waals surface area contributed by atoms with E-state index in [9.17, 15) is 0 Å². The van der Waals surface area contributed by atoms with E-state index in [1.165, 1.54) is 32.4 Å². The topological polar surface area (TPSA) is 67.1 Å². The predicted molar refractivity (Wildman–Crippen MR) is 74.4 cm³/mol. The largest absolute Gasteiger partial charge is 0.368 e. The van der Waals surface area contributed by atoms with Gasteiger partial charge in [0.25, 0.3) is 0 Å². The number of piperidine rings is 1. The van der Waals surface area contributed by atoms with Crippen LogP contribution in [-0.2, 0) is 0 Å². The van der Waals surface area contributed by atoms with Crippen LogP contribution in [0.2, 0.25) is 0 Å². The van der Waals surface area contributed by atoms with E-state index >= 15 is 0 Å². The molecular weight excluding hydrogens is 226 g/mol. The van der Waals surface area contributed by atoms with Crippen molar-refractivity contribution in [2.45, 2.75) is 38.6 Å². The third kappa shape index (κ3) is 4.14. The molecule has 0 aromatic carbocycles.